The first kappa shape index (κ1) is 82.8. The number of benzene rings is 7. The normalized spacial score (nSPS) is 18.0. The fourth-order valence-corrected chi connectivity index (χ4v) is 16.3. The Kier molecular flexibility index (Phi) is 44.7. The van der Waals surface area contributed by atoms with Gasteiger partial charge in [-0.05, 0) is 219 Å². The molecule has 5 saturated heterocycles. The lowest BCUT2D eigenvalue weighted by Gasteiger charge is -2.17. The lowest BCUT2D eigenvalue weighted by atomic mass is 10.0. The van der Waals surface area contributed by atoms with E-state index in [-0.39, 0.29) is 0 Å². The first-order valence-electron chi connectivity index (χ1n) is 38.2. The van der Waals surface area contributed by atoms with Crippen molar-refractivity contribution in [2.24, 2.45) is 0 Å². The summed E-state index contributed by atoms with van der Waals surface area (Å²) in [7, 11) is 0. The van der Waals surface area contributed by atoms with Gasteiger partial charge in [0.25, 0.3) is 0 Å². The summed E-state index contributed by atoms with van der Waals surface area (Å²) in [5.41, 5.74) is 11.3. The Hall–Kier alpha value is -5.83. The van der Waals surface area contributed by atoms with Crippen molar-refractivity contribution in [3.8, 4) is 23.0 Å². The molecule has 0 saturated carbocycles. The number of fused-ring (bicyclic) bond motifs is 7. The van der Waals surface area contributed by atoms with Crippen molar-refractivity contribution in [3.63, 3.8) is 0 Å². The zero-order chi connectivity index (χ0) is 71.0. The molecule has 20 rings (SSSR count). The van der Waals surface area contributed by atoms with Crippen LogP contribution < -0.4 is 50.8 Å². The standard InChI is InChI=1S/C9H11N.C9H10O.C9H10S.C8H9N.C8H8O2.C8H8O.C8H8S.C5H11N.C5H10O.C5H10S.C4H9NO.C4H9NS.C4H5NS/c3*1-2-6-9-8(4-1)5-3-7-10-9;1-2-4-8-7(3-1)5-6-9-8;1-2-4-8-7(3-1)9-5-6-10-8;2*1-2-4-8-7(3-1)5-6-9-8;3*1-2-4-6-5-3-1;3*1-3-6-4-2-5-1/h1-2,4,6,10H,3,5,7H2;2*1-2,4,6H,3,5,7H2;1-4,9H,5-6H2;1-4H,5-6H2;2*1-4H,5-6H2;6H,1-5H2;2*1-5H2;2*5H,1-4H2;1-5H. The van der Waals surface area contributed by atoms with Gasteiger partial charge in [0.15, 0.2) is 11.5 Å². The van der Waals surface area contributed by atoms with Gasteiger partial charge in [-0.15, -0.1) is 35.3 Å². The summed E-state index contributed by atoms with van der Waals surface area (Å²) >= 11 is 9.76. The number of rotatable bonds is 0. The third-order valence-corrected chi connectivity index (χ3v) is 22.6. The summed E-state index contributed by atoms with van der Waals surface area (Å²) in [5.74, 6) is 11.9. The largest absolute Gasteiger partial charge is 0.493 e. The minimum Gasteiger partial charge on any atom is -0.493 e. The highest BCUT2D eigenvalue weighted by molar-refractivity contribution is 8.05. The molecule has 558 valence electrons. The van der Waals surface area contributed by atoms with Crippen molar-refractivity contribution in [2.75, 3.05) is 150 Å². The average molecular weight is 1490 g/mol. The van der Waals surface area contributed by atoms with E-state index in [0.717, 1.165) is 102 Å². The molecule has 0 atom stereocenters. The van der Waals surface area contributed by atoms with Gasteiger partial charge >= 0.3 is 0 Å². The molecule has 0 amide bonds. The molecule has 0 spiro atoms. The highest BCUT2D eigenvalue weighted by Crippen LogP contribution is 2.32. The molecule has 17 heteroatoms. The minimum atomic E-state index is 0.664. The van der Waals surface area contributed by atoms with Gasteiger partial charge in [-0.1, -0.05) is 134 Å². The van der Waals surface area contributed by atoms with Crippen LogP contribution in [0.3, 0.4) is 0 Å². The van der Waals surface area contributed by atoms with Gasteiger partial charge in [0, 0.05) is 110 Å². The lowest BCUT2D eigenvalue weighted by Crippen LogP contribution is -2.30. The van der Waals surface area contributed by atoms with Crippen LogP contribution in [0.4, 0.5) is 11.4 Å². The Morgan fingerprint density at radius 3 is 1.17 bits per heavy atom. The quantitative estimate of drug-likeness (QED) is 0.0861. The SMILES string of the molecule is C1=CSC=CN1.C1CCNCC1.C1CCOCC1.C1CCSCC1.C1COCCN1.C1CSCCN1.c1ccc2c(c1)CCCN2.c1ccc2c(c1)CCCO2.c1ccc2c(c1)CCCS2.c1ccc2c(c1)CCN2.c1ccc2c(c1)CCO2.c1ccc2c(c1)CCS2.c1ccc2c(c1)OCCO2. The van der Waals surface area contributed by atoms with Crippen LogP contribution in [0.25, 0.3) is 0 Å². The summed E-state index contributed by atoms with van der Waals surface area (Å²) in [6, 6.07) is 58.5. The Morgan fingerprint density at radius 1 is 0.262 bits per heavy atom. The number of morpholine rings is 1. The summed E-state index contributed by atoms with van der Waals surface area (Å²) in [6.45, 7) is 16.1. The van der Waals surface area contributed by atoms with Crippen LogP contribution in [0.1, 0.15) is 110 Å². The first-order chi connectivity index (χ1) is 51.3. The number of aryl methyl sites for hydroxylation is 4. The molecule has 103 heavy (non-hydrogen) atoms. The van der Waals surface area contributed by atoms with Gasteiger partial charge < -0.3 is 60.3 Å². The molecular weight excluding hydrogens is 1370 g/mol. The molecule has 0 unspecified atom stereocenters. The highest BCUT2D eigenvalue weighted by Gasteiger charge is 2.13. The molecule has 12 nitrogen and oxygen atoms in total. The Labute approximate surface area is 640 Å². The molecule has 7 aromatic carbocycles. The van der Waals surface area contributed by atoms with Crippen LogP contribution in [0.5, 0.6) is 23.0 Å². The molecule has 0 aromatic heterocycles. The van der Waals surface area contributed by atoms with E-state index in [1.807, 2.05) is 113 Å². The van der Waals surface area contributed by atoms with Crippen molar-refractivity contribution in [1.29, 1.82) is 0 Å². The Morgan fingerprint density at radius 2 is 0.718 bits per heavy atom. The van der Waals surface area contributed by atoms with Crippen LogP contribution in [-0.2, 0) is 48.0 Å². The molecule has 5 fully saturated rings. The fraction of sp³-hybridized carbons (Fsp3) is 0.465. The Balaban J connectivity index is 0.000000142. The van der Waals surface area contributed by atoms with Crippen molar-refractivity contribution in [3.05, 3.63) is 226 Å². The number of hydrogen-bond acceptors (Lipinski definition) is 17. The topological polar surface area (TPSA) is 128 Å². The van der Waals surface area contributed by atoms with Gasteiger partial charge in [-0.2, -0.15) is 23.5 Å². The zero-order valence-electron chi connectivity index (χ0n) is 61.3. The van der Waals surface area contributed by atoms with Crippen LogP contribution in [0, 0.1) is 0 Å². The van der Waals surface area contributed by atoms with Crippen LogP contribution in [0.15, 0.2) is 203 Å². The maximum absolute atomic E-state index is 5.42. The summed E-state index contributed by atoms with van der Waals surface area (Å²) in [5, 5.41) is 23.2. The summed E-state index contributed by atoms with van der Waals surface area (Å²) < 4.78 is 31.4. The van der Waals surface area contributed by atoms with E-state index >= 15 is 0 Å². The molecule has 13 aliphatic heterocycles. The number of para-hydroxylation sites is 6. The second kappa shape index (κ2) is 55.6. The number of piperidine rings is 1. The molecular formula is C86H118N6O6S5. The number of ether oxygens (including phenoxy) is 6. The van der Waals surface area contributed by atoms with E-state index in [1.54, 1.807) is 17.3 Å². The molecule has 0 bridgehead atoms. The van der Waals surface area contributed by atoms with Gasteiger partial charge in [0.2, 0.25) is 0 Å². The molecule has 13 heterocycles. The van der Waals surface area contributed by atoms with E-state index in [1.165, 1.54) is 212 Å². The number of nitrogens with one attached hydrogen (secondary N) is 6. The van der Waals surface area contributed by atoms with E-state index < -0.39 is 0 Å². The highest BCUT2D eigenvalue weighted by atomic mass is 32.2. The van der Waals surface area contributed by atoms with E-state index in [0.29, 0.717) is 13.2 Å². The number of anilines is 2. The molecule has 6 N–H and O–H groups in total. The third-order valence-electron chi connectivity index (χ3n) is 17.5. The van der Waals surface area contributed by atoms with E-state index in [9.17, 15) is 0 Å². The van der Waals surface area contributed by atoms with Crippen molar-refractivity contribution in [2.45, 2.75) is 125 Å². The molecule has 13 aliphatic rings. The zero-order valence-corrected chi connectivity index (χ0v) is 65.3. The van der Waals surface area contributed by atoms with Crippen LogP contribution in [0.2, 0.25) is 0 Å². The van der Waals surface area contributed by atoms with Crippen molar-refractivity contribution < 1.29 is 28.4 Å². The first-order valence-corrected chi connectivity index (χ1v) is 43.4. The third kappa shape index (κ3) is 36.4. The second-order valence-corrected chi connectivity index (χ2v) is 31.0. The second-order valence-electron chi connectivity index (χ2n) is 25.5. The van der Waals surface area contributed by atoms with Gasteiger partial charge in [-0.3, -0.25) is 0 Å². The maximum atomic E-state index is 5.42. The number of thioether (sulfide) groups is 5. The summed E-state index contributed by atoms with van der Waals surface area (Å²) in [6.07, 6.45) is 27.4. The average Bonchev–Trinajstić information content (AvgIpc) is 1.70. The number of hydrogen-bond donors (Lipinski definition) is 6. The summed E-state index contributed by atoms with van der Waals surface area (Å²) in [4.78, 5) is 2.98. The van der Waals surface area contributed by atoms with E-state index in [4.69, 9.17) is 28.4 Å². The van der Waals surface area contributed by atoms with Gasteiger partial charge in [0.1, 0.15) is 24.7 Å². The lowest BCUT2D eigenvalue weighted by molar-refractivity contribution is 0.0968. The molecule has 7 aromatic rings. The fourth-order valence-electron chi connectivity index (χ4n) is 11.9. The predicted molar refractivity (Wildman–Crippen MR) is 447 cm³/mol. The van der Waals surface area contributed by atoms with Crippen molar-refractivity contribution >= 4 is 70.2 Å². The monoisotopic (exact) mass is 1490 g/mol. The molecule has 0 aliphatic carbocycles. The maximum Gasteiger partial charge on any atom is 0.161 e. The molecule has 0 radical (unpaired) electrons. The smallest absolute Gasteiger partial charge is 0.161 e. The van der Waals surface area contributed by atoms with E-state index in [2.05, 4.69) is 159 Å². The van der Waals surface area contributed by atoms with Crippen molar-refractivity contribution in [1.82, 2.24) is 21.3 Å². The van der Waals surface area contributed by atoms with Gasteiger partial charge in [0.05, 0.1) is 26.4 Å². The Bertz CT molecular complexity index is 2720. The minimum absolute atomic E-state index is 0.664. The van der Waals surface area contributed by atoms with Crippen LogP contribution in [-0.4, -0.2) is 140 Å². The van der Waals surface area contributed by atoms with Crippen LogP contribution >= 0.6 is 58.8 Å². The predicted octanol–water partition coefficient (Wildman–Crippen LogP) is 18.9. The van der Waals surface area contributed by atoms with Gasteiger partial charge in [-0.25, -0.2) is 0 Å².